The number of rotatable bonds is 6. The monoisotopic (exact) mass is 335 g/mol. The third-order valence-corrected chi connectivity index (χ3v) is 1.57. The molecule has 0 aliphatic rings. The van der Waals surface area contributed by atoms with Gasteiger partial charge < -0.3 is 0 Å². The molecule has 0 bridgehead atoms. The Morgan fingerprint density at radius 2 is 1.33 bits per heavy atom. The molecule has 15 heavy (non-hydrogen) atoms. The minimum atomic E-state index is -0.346. The topological polar surface area (TPSA) is 0 Å². The van der Waals surface area contributed by atoms with Crippen molar-refractivity contribution in [2.75, 3.05) is 0 Å². The minimum absolute atomic E-state index is 0.346. The normalized spacial score (nSPS) is 11.4. The summed E-state index contributed by atoms with van der Waals surface area (Å²) in [5.74, 6) is 0. The molecule has 0 fully saturated rings. The first-order valence-corrected chi connectivity index (χ1v) is 9.36. The Hall–Kier alpha value is 0.293. The van der Waals surface area contributed by atoms with E-state index in [1.165, 1.54) is 6.42 Å². The van der Waals surface area contributed by atoms with Crippen molar-refractivity contribution in [3.63, 3.8) is 0 Å². The molecule has 0 aromatic carbocycles. The van der Waals surface area contributed by atoms with Gasteiger partial charge in [0.15, 0.2) is 0 Å². The van der Waals surface area contributed by atoms with E-state index in [0.29, 0.717) is 0 Å². The van der Waals surface area contributed by atoms with Crippen molar-refractivity contribution >= 4 is 19.4 Å². The summed E-state index contributed by atoms with van der Waals surface area (Å²) >= 11 is -0.346. The van der Waals surface area contributed by atoms with Crippen LogP contribution in [-0.4, -0.2) is 0 Å². The van der Waals surface area contributed by atoms with Gasteiger partial charge in [-0.3, -0.25) is 0 Å². The quantitative estimate of drug-likeness (QED) is 0.262. The van der Waals surface area contributed by atoms with Gasteiger partial charge in [0.1, 0.15) is 0 Å². The Labute approximate surface area is 110 Å². The Balaban J connectivity index is 0. The van der Waals surface area contributed by atoms with Crippen LogP contribution >= 0.6 is 19.4 Å². The number of unbranched alkanes of at least 4 members (excludes halogenated alkanes) is 2. The van der Waals surface area contributed by atoms with Gasteiger partial charge in [-0.25, -0.2) is 19.1 Å². The number of allylic oxidation sites excluding steroid dienone is 6. The second kappa shape index (κ2) is 19.8. The predicted octanol–water partition coefficient (Wildman–Crippen LogP) is 5.45. The molecule has 0 aromatic rings. The molecular weight excluding hydrogens is 316 g/mol. The molecular formula is C12H19Cl2Ru-. The fourth-order valence-electron chi connectivity index (χ4n) is 0.905. The van der Waals surface area contributed by atoms with Crippen molar-refractivity contribution in [1.29, 1.82) is 0 Å². The van der Waals surface area contributed by atoms with Crippen molar-refractivity contribution in [2.45, 2.75) is 32.6 Å². The van der Waals surface area contributed by atoms with E-state index in [-0.39, 0.29) is 15.1 Å². The molecule has 0 radical (unpaired) electrons. The zero-order valence-electron chi connectivity index (χ0n) is 9.11. The van der Waals surface area contributed by atoms with Crippen LogP contribution in [0, 0.1) is 6.92 Å². The SMILES string of the molecule is [CH2-]C=CCCC=CCCC=CC.[Cl][Ru][Cl]. The summed E-state index contributed by atoms with van der Waals surface area (Å²) in [6, 6.07) is 0. The van der Waals surface area contributed by atoms with Crippen LogP contribution < -0.4 is 0 Å². The van der Waals surface area contributed by atoms with Crippen LogP contribution in [0.15, 0.2) is 36.5 Å². The summed E-state index contributed by atoms with van der Waals surface area (Å²) in [6.07, 6.45) is 17.3. The van der Waals surface area contributed by atoms with Crippen LogP contribution in [0.4, 0.5) is 0 Å². The Kier molecular flexibility index (Phi) is 23.3. The van der Waals surface area contributed by atoms with E-state index in [4.69, 9.17) is 19.4 Å². The van der Waals surface area contributed by atoms with Gasteiger partial charge in [-0.15, -0.1) is 0 Å². The van der Waals surface area contributed by atoms with Crippen molar-refractivity contribution in [3.05, 3.63) is 43.4 Å². The predicted molar refractivity (Wildman–Crippen MR) is 68.6 cm³/mol. The third-order valence-electron chi connectivity index (χ3n) is 1.57. The fourth-order valence-corrected chi connectivity index (χ4v) is 0.905. The molecule has 0 aliphatic heterocycles. The van der Waals surface area contributed by atoms with Crippen LogP contribution in [0.25, 0.3) is 0 Å². The molecule has 0 aromatic heterocycles. The van der Waals surface area contributed by atoms with Crippen LogP contribution in [0.5, 0.6) is 0 Å². The fraction of sp³-hybridized carbons (Fsp3) is 0.417. The molecule has 0 nitrogen and oxygen atoms in total. The number of halogens is 2. The van der Waals surface area contributed by atoms with Crippen molar-refractivity contribution < 1.29 is 15.1 Å². The average Bonchev–Trinajstić information content (AvgIpc) is 2.23. The van der Waals surface area contributed by atoms with E-state index < -0.39 is 0 Å². The number of hydrogen-bond acceptors (Lipinski definition) is 0. The molecule has 0 saturated carbocycles. The van der Waals surface area contributed by atoms with E-state index in [0.717, 1.165) is 19.3 Å². The standard InChI is InChI=1S/C12H19.2ClH.Ru/c1-3-5-7-9-11-12-10-8-6-4-2;;;/h3-6,11-12H,1,7-10H2,2H3;2*1H;/q-1;;;+2/p-2. The summed E-state index contributed by atoms with van der Waals surface area (Å²) in [5, 5.41) is 0. The van der Waals surface area contributed by atoms with Gasteiger partial charge in [0.05, 0.1) is 0 Å². The van der Waals surface area contributed by atoms with E-state index in [1.807, 2.05) is 6.08 Å². The second-order valence-corrected chi connectivity index (χ2v) is 5.36. The molecule has 0 rings (SSSR count). The first-order chi connectivity index (χ1) is 7.33. The summed E-state index contributed by atoms with van der Waals surface area (Å²) in [4.78, 5) is 0. The molecule has 90 valence electrons. The zero-order valence-corrected chi connectivity index (χ0v) is 12.4. The molecule has 0 atom stereocenters. The van der Waals surface area contributed by atoms with Gasteiger partial charge >= 0.3 is 34.5 Å². The van der Waals surface area contributed by atoms with Gasteiger partial charge in [-0.2, -0.15) is 0 Å². The van der Waals surface area contributed by atoms with Gasteiger partial charge in [0.2, 0.25) is 0 Å². The molecule has 0 aliphatic carbocycles. The third kappa shape index (κ3) is 25.0. The van der Waals surface area contributed by atoms with Gasteiger partial charge in [-0.1, -0.05) is 30.7 Å². The van der Waals surface area contributed by atoms with Gasteiger partial charge in [0, 0.05) is 0 Å². The Morgan fingerprint density at radius 1 is 0.933 bits per heavy atom. The van der Waals surface area contributed by atoms with Crippen LogP contribution in [0.2, 0.25) is 0 Å². The van der Waals surface area contributed by atoms with Gasteiger partial charge in [0.25, 0.3) is 0 Å². The maximum absolute atomic E-state index is 4.85. The summed E-state index contributed by atoms with van der Waals surface area (Å²) in [7, 11) is 9.71. The molecule has 3 heteroatoms. The molecule has 0 spiro atoms. The first-order valence-electron chi connectivity index (χ1n) is 4.89. The van der Waals surface area contributed by atoms with Crippen LogP contribution in [0.1, 0.15) is 32.6 Å². The Morgan fingerprint density at radius 3 is 1.73 bits per heavy atom. The van der Waals surface area contributed by atoms with E-state index in [2.05, 4.69) is 44.2 Å². The summed E-state index contributed by atoms with van der Waals surface area (Å²) in [5.41, 5.74) is 0. The molecule has 0 unspecified atom stereocenters. The molecule has 0 saturated heterocycles. The van der Waals surface area contributed by atoms with Crippen molar-refractivity contribution in [3.8, 4) is 0 Å². The second-order valence-electron chi connectivity index (χ2n) is 2.72. The van der Waals surface area contributed by atoms with E-state index in [9.17, 15) is 0 Å². The summed E-state index contributed by atoms with van der Waals surface area (Å²) in [6.45, 7) is 5.69. The van der Waals surface area contributed by atoms with Crippen molar-refractivity contribution in [1.82, 2.24) is 0 Å². The average molecular weight is 335 g/mol. The molecule has 0 heterocycles. The molecule has 0 N–H and O–H groups in total. The van der Waals surface area contributed by atoms with Crippen LogP contribution in [0.3, 0.4) is 0 Å². The first kappa shape index (κ1) is 17.7. The van der Waals surface area contributed by atoms with E-state index >= 15 is 0 Å². The van der Waals surface area contributed by atoms with Crippen molar-refractivity contribution in [2.24, 2.45) is 0 Å². The molecule has 0 amide bonds. The Bertz CT molecular complexity index is 156. The van der Waals surface area contributed by atoms with Crippen LogP contribution in [-0.2, 0) is 15.1 Å². The van der Waals surface area contributed by atoms with E-state index in [1.54, 1.807) is 0 Å². The zero-order chi connectivity index (χ0) is 11.8. The number of hydrogen-bond donors (Lipinski definition) is 0. The summed E-state index contributed by atoms with van der Waals surface area (Å²) < 4.78 is 0. The van der Waals surface area contributed by atoms with Gasteiger partial charge in [-0.05, 0) is 26.2 Å². The maximum atomic E-state index is 4.85.